The van der Waals surface area contributed by atoms with Gasteiger partial charge in [-0.3, -0.25) is 4.79 Å². The Morgan fingerprint density at radius 2 is 1.73 bits per heavy atom. The number of nitrogens with two attached hydrogens (primary N) is 1. The third kappa shape index (κ3) is 3.48. The molecule has 1 unspecified atom stereocenters. The van der Waals surface area contributed by atoms with E-state index in [2.05, 4.69) is 4.98 Å². The molecule has 0 bridgehead atoms. The van der Waals surface area contributed by atoms with Crippen molar-refractivity contribution in [3.8, 4) is 17.4 Å². The predicted octanol–water partition coefficient (Wildman–Crippen LogP) is 3.39. The normalized spacial score (nSPS) is 12.5. The van der Waals surface area contributed by atoms with Crippen molar-refractivity contribution in [3.63, 3.8) is 0 Å². The van der Waals surface area contributed by atoms with Gasteiger partial charge < -0.3 is 25.1 Å². The van der Waals surface area contributed by atoms with Gasteiger partial charge >= 0.3 is 5.92 Å². The Morgan fingerprint density at radius 3 is 2.37 bits per heavy atom. The fourth-order valence-corrected chi connectivity index (χ4v) is 3.10. The van der Waals surface area contributed by atoms with Crippen molar-refractivity contribution in [1.82, 2.24) is 4.98 Å². The molecular weight excluding hydrogens is 398 g/mol. The average molecular weight is 418 g/mol. The maximum absolute atomic E-state index is 15.1. The number of ketones is 1. The molecule has 158 valence electrons. The van der Waals surface area contributed by atoms with Crippen LogP contribution in [0, 0.1) is 0 Å². The number of hydrogen-bond acceptors (Lipinski definition) is 7. The van der Waals surface area contributed by atoms with E-state index in [-0.39, 0.29) is 28.6 Å². The molecule has 0 spiro atoms. The van der Waals surface area contributed by atoms with E-state index in [0.29, 0.717) is 10.9 Å². The average Bonchev–Trinajstić information content (AvgIpc) is 2.77. The Bertz CT molecular complexity index is 1100. The fraction of sp³-hybridized carbons (Fsp3) is 0.238. The predicted molar refractivity (Wildman–Crippen MR) is 106 cm³/mol. The molecule has 1 atom stereocenters. The van der Waals surface area contributed by atoms with E-state index in [4.69, 9.17) is 19.9 Å². The second kappa shape index (κ2) is 8.11. The number of para-hydroxylation sites is 1. The minimum absolute atomic E-state index is 0.127. The standard InChI is InChI=1S/C21H20F2N2O5/c1-28-14-9-8-11(10-15(14)29-2)18(26)21(22,23)19(27)16-17(24)12-6-4-5-7-13(12)25-20(16)30-3/h4-10,18,26H,1-3H3,(H2,24,25). The number of aliphatic hydroxyl groups excluding tert-OH is 1. The van der Waals surface area contributed by atoms with Crippen LogP contribution in [-0.2, 0) is 0 Å². The first-order valence-corrected chi connectivity index (χ1v) is 8.81. The second-order valence-electron chi connectivity index (χ2n) is 6.40. The number of nitrogen functional groups attached to an aromatic ring is 1. The smallest absolute Gasteiger partial charge is 0.339 e. The largest absolute Gasteiger partial charge is 0.493 e. The van der Waals surface area contributed by atoms with Gasteiger partial charge in [0.1, 0.15) is 5.56 Å². The fourth-order valence-electron chi connectivity index (χ4n) is 3.10. The highest BCUT2D eigenvalue weighted by molar-refractivity contribution is 6.12. The van der Waals surface area contributed by atoms with Crippen molar-refractivity contribution in [3.05, 3.63) is 53.6 Å². The van der Waals surface area contributed by atoms with E-state index in [1.54, 1.807) is 24.3 Å². The molecule has 0 aliphatic carbocycles. The van der Waals surface area contributed by atoms with Gasteiger partial charge in [-0.25, -0.2) is 4.98 Å². The number of carbonyl (C=O) groups is 1. The number of rotatable bonds is 7. The molecule has 1 aromatic heterocycles. The minimum atomic E-state index is -4.23. The number of Topliss-reactive ketones (excluding diaryl/α,β-unsaturated/α-hetero) is 1. The lowest BCUT2D eigenvalue weighted by atomic mass is 9.94. The van der Waals surface area contributed by atoms with Crippen LogP contribution in [-0.4, -0.2) is 43.1 Å². The Hall–Kier alpha value is -3.46. The van der Waals surface area contributed by atoms with Crippen molar-refractivity contribution in [2.24, 2.45) is 0 Å². The van der Waals surface area contributed by atoms with Gasteiger partial charge in [0.15, 0.2) is 17.6 Å². The molecule has 0 saturated heterocycles. The van der Waals surface area contributed by atoms with Gasteiger partial charge in [-0.1, -0.05) is 24.3 Å². The summed E-state index contributed by atoms with van der Waals surface area (Å²) in [5.74, 6) is -5.88. The molecule has 0 amide bonds. The quantitative estimate of drug-likeness (QED) is 0.567. The maximum Gasteiger partial charge on any atom is 0.339 e. The third-order valence-electron chi connectivity index (χ3n) is 4.69. The number of carbonyl (C=O) groups excluding carboxylic acids is 1. The van der Waals surface area contributed by atoms with Crippen molar-refractivity contribution in [2.75, 3.05) is 27.1 Å². The SMILES string of the molecule is COc1ccc(C(O)C(F)(F)C(=O)c2c(OC)nc3ccccc3c2N)cc1OC. The van der Waals surface area contributed by atoms with Crippen molar-refractivity contribution in [1.29, 1.82) is 0 Å². The van der Waals surface area contributed by atoms with E-state index >= 15 is 8.78 Å². The lowest BCUT2D eigenvalue weighted by Crippen LogP contribution is -2.36. The summed E-state index contributed by atoms with van der Waals surface area (Å²) in [5, 5.41) is 10.7. The molecular formula is C21H20F2N2O5. The monoisotopic (exact) mass is 418 g/mol. The van der Waals surface area contributed by atoms with Crippen LogP contribution < -0.4 is 19.9 Å². The van der Waals surface area contributed by atoms with Crippen molar-refractivity contribution >= 4 is 22.4 Å². The molecule has 0 fully saturated rings. The van der Waals surface area contributed by atoms with Crippen LogP contribution in [0.3, 0.4) is 0 Å². The second-order valence-corrected chi connectivity index (χ2v) is 6.40. The molecule has 0 aliphatic heterocycles. The maximum atomic E-state index is 15.1. The van der Waals surface area contributed by atoms with Crippen LogP contribution in [0.4, 0.5) is 14.5 Å². The zero-order chi connectivity index (χ0) is 22.1. The van der Waals surface area contributed by atoms with Crippen molar-refractivity contribution in [2.45, 2.75) is 12.0 Å². The molecule has 3 rings (SSSR count). The molecule has 2 aromatic carbocycles. The Morgan fingerprint density at radius 1 is 1.07 bits per heavy atom. The Kier molecular flexibility index (Phi) is 5.75. The van der Waals surface area contributed by atoms with Crippen LogP contribution >= 0.6 is 0 Å². The van der Waals surface area contributed by atoms with E-state index in [0.717, 1.165) is 0 Å². The number of anilines is 1. The van der Waals surface area contributed by atoms with Gasteiger partial charge in [0, 0.05) is 5.39 Å². The number of hydrogen-bond donors (Lipinski definition) is 2. The molecule has 7 nitrogen and oxygen atoms in total. The lowest BCUT2D eigenvalue weighted by Gasteiger charge is -2.24. The van der Waals surface area contributed by atoms with Gasteiger partial charge in [-0.05, 0) is 23.8 Å². The number of fused-ring (bicyclic) bond motifs is 1. The highest BCUT2D eigenvalue weighted by Gasteiger charge is 2.49. The highest BCUT2D eigenvalue weighted by atomic mass is 19.3. The first-order valence-electron chi connectivity index (χ1n) is 8.81. The third-order valence-corrected chi connectivity index (χ3v) is 4.69. The first kappa shape index (κ1) is 21.3. The van der Waals surface area contributed by atoms with Gasteiger partial charge in [0.05, 0.1) is 32.5 Å². The van der Waals surface area contributed by atoms with E-state index in [1.165, 1.54) is 39.5 Å². The number of alkyl halides is 2. The summed E-state index contributed by atoms with van der Waals surface area (Å²) in [6, 6.07) is 10.2. The van der Waals surface area contributed by atoms with Gasteiger partial charge in [0.2, 0.25) is 11.7 Å². The minimum Gasteiger partial charge on any atom is -0.493 e. The zero-order valence-electron chi connectivity index (χ0n) is 16.5. The Labute approximate surface area is 171 Å². The molecule has 30 heavy (non-hydrogen) atoms. The molecule has 0 saturated carbocycles. The molecule has 1 heterocycles. The number of halogens is 2. The summed E-state index contributed by atoms with van der Waals surface area (Å²) in [5.41, 5.74) is 5.36. The highest BCUT2D eigenvalue weighted by Crippen LogP contribution is 2.41. The van der Waals surface area contributed by atoms with E-state index in [9.17, 15) is 9.90 Å². The number of ether oxygens (including phenoxy) is 3. The van der Waals surface area contributed by atoms with Gasteiger partial charge in [-0.2, -0.15) is 8.78 Å². The number of pyridine rings is 1. The zero-order valence-corrected chi connectivity index (χ0v) is 16.5. The summed E-state index contributed by atoms with van der Waals surface area (Å²) in [4.78, 5) is 16.9. The molecule has 0 radical (unpaired) electrons. The Balaban J connectivity index is 2.08. The number of benzene rings is 2. The van der Waals surface area contributed by atoms with E-state index < -0.39 is 23.4 Å². The molecule has 3 N–H and O–H groups in total. The number of aromatic nitrogens is 1. The number of aliphatic hydroxyl groups is 1. The summed E-state index contributed by atoms with van der Waals surface area (Å²) in [6.45, 7) is 0. The van der Waals surface area contributed by atoms with E-state index in [1.807, 2.05) is 0 Å². The van der Waals surface area contributed by atoms with Gasteiger partial charge in [-0.15, -0.1) is 0 Å². The summed E-state index contributed by atoms with van der Waals surface area (Å²) >= 11 is 0. The topological polar surface area (TPSA) is 104 Å². The van der Waals surface area contributed by atoms with Crippen LogP contribution in [0.5, 0.6) is 17.4 Å². The number of methoxy groups -OCH3 is 3. The number of nitrogens with zero attached hydrogens (tertiary/aromatic N) is 1. The van der Waals surface area contributed by atoms with Crippen LogP contribution in [0.25, 0.3) is 10.9 Å². The molecule has 9 heteroatoms. The summed E-state index contributed by atoms with van der Waals surface area (Å²) < 4.78 is 45.3. The first-order chi connectivity index (χ1) is 14.3. The van der Waals surface area contributed by atoms with Crippen LogP contribution in [0.15, 0.2) is 42.5 Å². The van der Waals surface area contributed by atoms with Crippen LogP contribution in [0.2, 0.25) is 0 Å². The molecule has 0 aliphatic rings. The van der Waals surface area contributed by atoms with Crippen LogP contribution in [0.1, 0.15) is 22.0 Å². The molecule has 3 aromatic rings. The summed E-state index contributed by atoms with van der Waals surface area (Å²) in [7, 11) is 3.90. The summed E-state index contributed by atoms with van der Waals surface area (Å²) in [6.07, 6.45) is -2.47. The van der Waals surface area contributed by atoms with Gasteiger partial charge in [0.25, 0.3) is 0 Å². The lowest BCUT2D eigenvalue weighted by molar-refractivity contribution is -0.0793. The van der Waals surface area contributed by atoms with Crippen molar-refractivity contribution < 1.29 is 32.9 Å².